The van der Waals surface area contributed by atoms with Gasteiger partial charge in [-0.2, -0.15) is 0 Å². The van der Waals surface area contributed by atoms with E-state index in [2.05, 4.69) is 21.4 Å². The Hall–Kier alpha value is -1.07. The zero-order valence-electron chi connectivity index (χ0n) is 11.1. The zero-order valence-corrected chi connectivity index (χ0v) is 13.4. The van der Waals surface area contributed by atoms with Gasteiger partial charge in [0.1, 0.15) is 5.75 Å². The molecule has 0 heterocycles. The maximum absolute atomic E-state index is 6.21. The molecule has 1 atom stereocenters. The minimum atomic E-state index is -0.0561. The summed E-state index contributed by atoms with van der Waals surface area (Å²) in [6, 6.07) is 13.5. The highest BCUT2D eigenvalue weighted by Gasteiger charge is 2.16. The van der Waals surface area contributed by atoms with E-state index in [9.17, 15) is 0 Å². The monoisotopic (exact) mass is 354 g/mol. The largest absolute Gasteiger partial charge is 0.497 e. The van der Waals surface area contributed by atoms with Gasteiger partial charge in [0.15, 0.2) is 0 Å². The van der Waals surface area contributed by atoms with E-state index in [1.807, 2.05) is 42.5 Å². The third-order valence-electron chi connectivity index (χ3n) is 3.16. The van der Waals surface area contributed by atoms with E-state index in [0.29, 0.717) is 6.42 Å². The SMILES string of the molecule is COc1ccc(Br)c(C(Cc2ccccc2Cl)NN)c1. The van der Waals surface area contributed by atoms with Crippen molar-refractivity contribution in [2.24, 2.45) is 5.84 Å². The molecule has 0 fully saturated rings. The first-order chi connectivity index (χ1) is 9.65. The highest BCUT2D eigenvalue weighted by molar-refractivity contribution is 9.10. The lowest BCUT2D eigenvalue weighted by atomic mass is 9.99. The maximum atomic E-state index is 6.21. The summed E-state index contributed by atoms with van der Waals surface area (Å²) in [5.74, 6) is 6.50. The van der Waals surface area contributed by atoms with Gasteiger partial charge in [-0.3, -0.25) is 11.3 Å². The van der Waals surface area contributed by atoms with Gasteiger partial charge in [-0.05, 0) is 41.8 Å². The predicted octanol–water partition coefficient (Wildman–Crippen LogP) is 3.86. The summed E-state index contributed by atoms with van der Waals surface area (Å²) in [5.41, 5.74) is 4.92. The fraction of sp³-hybridized carbons (Fsp3) is 0.200. The molecule has 106 valence electrons. The molecule has 0 saturated carbocycles. The molecule has 0 aliphatic rings. The molecule has 2 aromatic carbocycles. The van der Waals surface area contributed by atoms with E-state index < -0.39 is 0 Å². The highest BCUT2D eigenvalue weighted by Crippen LogP contribution is 2.30. The van der Waals surface area contributed by atoms with Gasteiger partial charge in [0.2, 0.25) is 0 Å². The number of nitrogens with one attached hydrogen (secondary N) is 1. The summed E-state index contributed by atoms with van der Waals surface area (Å²) in [4.78, 5) is 0. The van der Waals surface area contributed by atoms with Crippen LogP contribution in [-0.2, 0) is 6.42 Å². The minimum Gasteiger partial charge on any atom is -0.497 e. The average Bonchev–Trinajstić information content (AvgIpc) is 2.47. The number of benzene rings is 2. The van der Waals surface area contributed by atoms with E-state index in [-0.39, 0.29) is 6.04 Å². The van der Waals surface area contributed by atoms with Crippen LogP contribution < -0.4 is 16.0 Å². The quantitative estimate of drug-likeness (QED) is 0.632. The van der Waals surface area contributed by atoms with Crippen LogP contribution in [0.25, 0.3) is 0 Å². The van der Waals surface area contributed by atoms with Gasteiger partial charge in [-0.25, -0.2) is 0 Å². The Morgan fingerprint density at radius 1 is 1.30 bits per heavy atom. The van der Waals surface area contributed by atoms with Crippen LogP contribution in [0.1, 0.15) is 17.2 Å². The molecule has 2 aromatic rings. The van der Waals surface area contributed by atoms with E-state index in [1.54, 1.807) is 7.11 Å². The molecule has 0 aliphatic heterocycles. The molecule has 0 bridgehead atoms. The number of rotatable bonds is 5. The second-order valence-electron chi connectivity index (χ2n) is 4.40. The first kappa shape index (κ1) is 15.3. The number of hydrazine groups is 1. The van der Waals surface area contributed by atoms with E-state index in [1.165, 1.54) is 0 Å². The minimum absolute atomic E-state index is 0.0561. The number of nitrogens with two attached hydrogens (primary N) is 1. The fourth-order valence-corrected chi connectivity index (χ4v) is 2.79. The highest BCUT2D eigenvalue weighted by atomic mass is 79.9. The Balaban J connectivity index is 2.31. The third-order valence-corrected chi connectivity index (χ3v) is 4.25. The summed E-state index contributed by atoms with van der Waals surface area (Å²) in [5, 5.41) is 0.742. The van der Waals surface area contributed by atoms with Crippen LogP contribution >= 0.6 is 27.5 Å². The second kappa shape index (κ2) is 7.09. The number of halogens is 2. The lowest BCUT2D eigenvalue weighted by Crippen LogP contribution is -2.30. The molecule has 20 heavy (non-hydrogen) atoms. The summed E-state index contributed by atoms with van der Waals surface area (Å²) in [6.07, 6.45) is 0.696. The Labute approximate surface area is 132 Å². The van der Waals surface area contributed by atoms with Crippen molar-refractivity contribution >= 4 is 27.5 Å². The van der Waals surface area contributed by atoms with E-state index in [4.69, 9.17) is 22.2 Å². The molecule has 5 heteroatoms. The summed E-state index contributed by atoms with van der Waals surface area (Å²) >= 11 is 9.75. The van der Waals surface area contributed by atoms with Crippen LogP contribution in [0.4, 0.5) is 0 Å². The molecule has 0 spiro atoms. The van der Waals surface area contributed by atoms with Gasteiger partial charge in [0.05, 0.1) is 13.2 Å². The van der Waals surface area contributed by atoms with E-state index >= 15 is 0 Å². The van der Waals surface area contributed by atoms with Crippen LogP contribution in [-0.4, -0.2) is 7.11 Å². The molecule has 0 amide bonds. The van der Waals surface area contributed by atoms with Crippen molar-refractivity contribution in [3.8, 4) is 5.75 Å². The maximum Gasteiger partial charge on any atom is 0.119 e. The van der Waals surface area contributed by atoms with Crippen LogP contribution in [0.5, 0.6) is 5.75 Å². The molecule has 0 aliphatic carbocycles. The normalized spacial score (nSPS) is 12.2. The van der Waals surface area contributed by atoms with Crippen molar-refractivity contribution < 1.29 is 4.74 Å². The molecule has 0 saturated heterocycles. The van der Waals surface area contributed by atoms with Crippen LogP contribution in [0.2, 0.25) is 5.02 Å². The third kappa shape index (κ3) is 3.52. The fourth-order valence-electron chi connectivity index (χ4n) is 2.06. The van der Waals surface area contributed by atoms with Crippen LogP contribution in [0.15, 0.2) is 46.9 Å². The van der Waals surface area contributed by atoms with Gasteiger partial charge in [0.25, 0.3) is 0 Å². The number of ether oxygens (including phenoxy) is 1. The Bertz CT molecular complexity index is 592. The Kier molecular flexibility index (Phi) is 5.43. The van der Waals surface area contributed by atoms with Crippen molar-refractivity contribution in [3.05, 3.63) is 63.1 Å². The summed E-state index contributed by atoms with van der Waals surface area (Å²) in [6.45, 7) is 0. The van der Waals surface area contributed by atoms with Crippen LogP contribution in [0.3, 0.4) is 0 Å². The van der Waals surface area contributed by atoms with E-state index in [0.717, 1.165) is 26.4 Å². The predicted molar refractivity (Wildman–Crippen MR) is 85.9 cm³/mol. The van der Waals surface area contributed by atoms with Gasteiger partial charge in [-0.1, -0.05) is 45.7 Å². The average molecular weight is 356 g/mol. The molecule has 1 unspecified atom stereocenters. The van der Waals surface area contributed by atoms with Crippen molar-refractivity contribution in [2.45, 2.75) is 12.5 Å². The molecule has 2 rings (SSSR count). The first-order valence-corrected chi connectivity index (χ1v) is 7.35. The van der Waals surface area contributed by atoms with Gasteiger partial charge in [0, 0.05) is 9.50 Å². The van der Waals surface area contributed by atoms with Crippen molar-refractivity contribution in [1.29, 1.82) is 0 Å². The molecule has 3 nitrogen and oxygen atoms in total. The smallest absolute Gasteiger partial charge is 0.119 e. The van der Waals surface area contributed by atoms with Gasteiger partial charge in [-0.15, -0.1) is 0 Å². The number of hydrogen-bond donors (Lipinski definition) is 2. The van der Waals surface area contributed by atoms with Crippen molar-refractivity contribution in [3.63, 3.8) is 0 Å². The van der Waals surface area contributed by atoms with Crippen molar-refractivity contribution in [1.82, 2.24) is 5.43 Å². The van der Waals surface area contributed by atoms with Crippen LogP contribution in [0, 0.1) is 0 Å². The first-order valence-electron chi connectivity index (χ1n) is 6.18. The topological polar surface area (TPSA) is 47.3 Å². The van der Waals surface area contributed by atoms with Crippen molar-refractivity contribution in [2.75, 3.05) is 7.11 Å². The Morgan fingerprint density at radius 3 is 2.70 bits per heavy atom. The molecular weight excluding hydrogens is 340 g/mol. The number of hydrogen-bond acceptors (Lipinski definition) is 3. The lowest BCUT2D eigenvalue weighted by molar-refractivity contribution is 0.412. The lowest BCUT2D eigenvalue weighted by Gasteiger charge is -2.19. The molecule has 0 radical (unpaired) electrons. The summed E-state index contributed by atoms with van der Waals surface area (Å²) in [7, 11) is 1.64. The summed E-state index contributed by atoms with van der Waals surface area (Å²) < 4.78 is 6.24. The Morgan fingerprint density at radius 2 is 2.05 bits per heavy atom. The second-order valence-corrected chi connectivity index (χ2v) is 5.66. The number of methoxy groups -OCH3 is 1. The standard InChI is InChI=1S/C15H16BrClN2O/c1-20-11-6-7-13(16)12(9-11)15(19-18)8-10-4-2-3-5-14(10)17/h2-7,9,15,19H,8,18H2,1H3. The molecule has 0 aromatic heterocycles. The molecular formula is C15H16BrClN2O. The molecule has 3 N–H and O–H groups in total. The zero-order chi connectivity index (χ0) is 14.5. The van der Waals surface area contributed by atoms with Gasteiger partial charge >= 0.3 is 0 Å². The van der Waals surface area contributed by atoms with Gasteiger partial charge < -0.3 is 4.74 Å².